The van der Waals surface area contributed by atoms with Crippen molar-refractivity contribution in [1.82, 2.24) is 5.32 Å². The first kappa shape index (κ1) is 7.17. The average molecular weight is 114 g/mol. The highest BCUT2D eigenvalue weighted by Gasteiger charge is 1.67. The lowest BCUT2D eigenvalue weighted by atomic mass is 10.6. The lowest BCUT2D eigenvalue weighted by Gasteiger charge is -1.85. The molecule has 0 saturated carbocycles. The van der Waals surface area contributed by atoms with Gasteiger partial charge in [0, 0.05) is 13.3 Å². The summed E-state index contributed by atoms with van der Waals surface area (Å²) in [5.74, 6) is 0. The minimum absolute atomic E-state index is 0.787. The molecule has 0 fully saturated rings. The molecule has 3 heteroatoms. The van der Waals surface area contributed by atoms with E-state index in [1.165, 1.54) is 6.26 Å². The zero-order valence-corrected chi connectivity index (χ0v) is 4.92. The third-order valence-corrected chi connectivity index (χ3v) is 0.554. The molecule has 0 aliphatic carbocycles. The number of nitrogens with zero attached hydrogens (tertiary/aromatic N) is 1. The van der Waals surface area contributed by atoms with E-state index in [1.54, 1.807) is 6.08 Å². The van der Waals surface area contributed by atoms with Crippen molar-refractivity contribution < 1.29 is 4.84 Å². The first-order chi connectivity index (χ1) is 3.91. The second-order valence-electron chi connectivity index (χ2n) is 1.16. The van der Waals surface area contributed by atoms with Crippen molar-refractivity contribution in [3.8, 4) is 0 Å². The van der Waals surface area contributed by atoms with Crippen molar-refractivity contribution in [2.45, 2.75) is 0 Å². The quantitative estimate of drug-likeness (QED) is 0.325. The predicted octanol–water partition coefficient (Wildman–Crippen LogP) is 0.352. The van der Waals surface area contributed by atoms with Gasteiger partial charge in [0.15, 0.2) is 0 Å². The molecule has 8 heavy (non-hydrogen) atoms. The van der Waals surface area contributed by atoms with E-state index in [0.717, 1.165) is 6.54 Å². The minimum Gasteiger partial charge on any atom is -0.366 e. The lowest BCUT2D eigenvalue weighted by molar-refractivity contribution is 0.271. The van der Waals surface area contributed by atoms with Crippen LogP contribution in [0, 0.1) is 0 Å². The molecule has 1 N–H and O–H groups in total. The van der Waals surface area contributed by atoms with Crippen LogP contribution in [-0.4, -0.2) is 20.3 Å². The number of hydrogen-bond donors (Lipinski definition) is 1. The van der Waals surface area contributed by atoms with Crippen LogP contribution in [0.5, 0.6) is 0 Å². The molecule has 0 radical (unpaired) electrons. The van der Waals surface area contributed by atoms with Gasteiger partial charge in [-0.05, 0) is 13.1 Å². The highest BCUT2D eigenvalue weighted by molar-refractivity contribution is 5.21. The largest absolute Gasteiger partial charge is 0.366 e. The van der Waals surface area contributed by atoms with Crippen LogP contribution in [0.1, 0.15) is 0 Å². The van der Waals surface area contributed by atoms with Crippen molar-refractivity contribution in [1.29, 1.82) is 0 Å². The summed E-state index contributed by atoms with van der Waals surface area (Å²) in [5, 5.41) is 6.04. The smallest absolute Gasteiger partial charge is 0.119 e. The van der Waals surface area contributed by atoms with Crippen molar-refractivity contribution in [2.24, 2.45) is 5.16 Å². The van der Waals surface area contributed by atoms with Crippen LogP contribution in [0.4, 0.5) is 0 Å². The number of likely N-dealkylation sites (N-methyl/N-ethyl adjacent to an activating group) is 1. The average Bonchev–Trinajstić information content (AvgIpc) is 1.81. The molecule has 46 valence electrons. The van der Waals surface area contributed by atoms with E-state index in [2.05, 4.69) is 22.0 Å². The van der Waals surface area contributed by atoms with Crippen LogP contribution in [-0.2, 0) is 4.84 Å². The van der Waals surface area contributed by atoms with E-state index in [1.807, 2.05) is 7.05 Å². The standard InChI is InChI=1S/C5H10N2O/c1-6-4-3-5-8-7-2/h3,5-6H,2,4H2,1H3/b5-3-. The highest BCUT2D eigenvalue weighted by Crippen LogP contribution is 1.73. The fourth-order valence-electron chi connectivity index (χ4n) is 0.252. The summed E-state index contributed by atoms with van der Waals surface area (Å²) in [7, 11) is 1.85. The van der Waals surface area contributed by atoms with Crippen LogP contribution >= 0.6 is 0 Å². The molecule has 0 atom stereocenters. The summed E-state index contributed by atoms with van der Waals surface area (Å²) in [4.78, 5) is 4.43. The Morgan fingerprint density at radius 2 is 2.62 bits per heavy atom. The van der Waals surface area contributed by atoms with Gasteiger partial charge >= 0.3 is 0 Å². The maximum Gasteiger partial charge on any atom is 0.119 e. The van der Waals surface area contributed by atoms with Crippen molar-refractivity contribution in [2.75, 3.05) is 13.6 Å². The Kier molecular flexibility index (Phi) is 5.53. The predicted molar refractivity (Wildman–Crippen MR) is 33.7 cm³/mol. The fourth-order valence-corrected chi connectivity index (χ4v) is 0.252. The van der Waals surface area contributed by atoms with Gasteiger partial charge in [0.1, 0.15) is 6.26 Å². The summed E-state index contributed by atoms with van der Waals surface area (Å²) in [6.07, 6.45) is 3.28. The molecule has 0 aliphatic rings. The second-order valence-corrected chi connectivity index (χ2v) is 1.16. The Bertz CT molecular complexity index is 80.5. The molecule has 0 rings (SSSR count). The first-order valence-corrected chi connectivity index (χ1v) is 2.33. The van der Waals surface area contributed by atoms with Crippen LogP contribution in [0.3, 0.4) is 0 Å². The Balaban J connectivity index is 2.94. The molecular weight excluding hydrogens is 104 g/mol. The summed E-state index contributed by atoms with van der Waals surface area (Å²) in [6, 6.07) is 0. The van der Waals surface area contributed by atoms with Crippen LogP contribution in [0.15, 0.2) is 17.5 Å². The molecular formula is C5H10N2O. The van der Waals surface area contributed by atoms with Gasteiger partial charge < -0.3 is 10.2 Å². The zero-order chi connectivity index (χ0) is 6.24. The number of hydrogen-bond acceptors (Lipinski definition) is 3. The maximum absolute atomic E-state index is 4.43. The van der Waals surface area contributed by atoms with Gasteiger partial charge in [0.05, 0.1) is 0 Å². The van der Waals surface area contributed by atoms with E-state index in [0.29, 0.717) is 0 Å². The number of nitrogens with one attached hydrogen (secondary N) is 1. The van der Waals surface area contributed by atoms with E-state index in [4.69, 9.17) is 0 Å². The number of rotatable bonds is 4. The zero-order valence-electron chi connectivity index (χ0n) is 4.92. The lowest BCUT2D eigenvalue weighted by Crippen LogP contribution is -2.03. The van der Waals surface area contributed by atoms with Crippen LogP contribution < -0.4 is 5.32 Å². The Morgan fingerprint density at radius 1 is 1.88 bits per heavy atom. The molecule has 0 aromatic heterocycles. The third kappa shape index (κ3) is 5.17. The van der Waals surface area contributed by atoms with E-state index < -0.39 is 0 Å². The molecule has 0 aromatic rings. The monoisotopic (exact) mass is 114 g/mol. The first-order valence-electron chi connectivity index (χ1n) is 2.33. The highest BCUT2D eigenvalue weighted by atomic mass is 16.6. The molecule has 0 heterocycles. The molecule has 0 aliphatic heterocycles. The Hall–Kier alpha value is -0.830. The van der Waals surface area contributed by atoms with E-state index in [9.17, 15) is 0 Å². The topological polar surface area (TPSA) is 33.6 Å². The SMILES string of the molecule is C=NO/C=C\CNC. The van der Waals surface area contributed by atoms with Gasteiger partial charge in [0.2, 0.25) is 0 Å². The van der Waals surface area contributed by atoms with E-state index >= 15 is 0 Å². The van der Waals surface area contributed by atoms with Crippen LogP contribution in [0.2, 0.25) is 0 Å². The van der Waals surface area contributed by atoms with E-state index in [-0.39, 0.29) is 0 Å². The fraction of sp³-hybridized carbons (Fsp3) is 0.400. The van der Waals surface area contributed by atoms with Crippen molar-refractivity contribution >= 4 is 6.72 Å². The molecule has 0 unspecified atom stereocenters. The summed E-state index contributed by atoms with van der Waals surface area (Å²) < 4.78 is 0. The van der Waals surface area contributed by atoms with Gasteiger partial charge in [-0.1, -0.05) is 5.16 Å². The maximum atomic E-state index is 4.43. The van der Waals surface area contributed by atoms with Gasteiger partial charge in [-0.25, -0.2) is 0 Å². The normalized spacial score (nSPS) is 9.62. The van der Waals surface area contributed by atoms with Gasteiger partial charge in [-0.3, -0.25) is 0 Å². The molecule has 3 nitrogen and oxygen atoms in total. The van der Waals surface area contributed by atoms with Gasteiger partial charge in [-0.2, -0.15) is 0 Å². The van der Waals surface area contributed by atoms with Crippen molar-refractivity contribution in [3.05, 3.63) is 12.3 Å². The summed E-state index contributed by atoms with van der Waals surface area (Å²) in [6.45, 7) is 3.90. The van der Waals surface area contributed by atoms with Gasteiger partial charge in [-0.15, -0.1) is 0 Å². The second kappa shape index (κ2) is 6.17. The molecule has 0 aromatic carbocycles. The Morgan fingerprint density at radius 3 is 3.12 bits per heavy atom. The Labute approximate surface area is 49.0 Å². The summed E-state index contributed by atoms with van der Waals surface area (Å²) >= 11 is 0. The number of oxime groups is 1. The van der Waals surface area contributed by atoms with Gasteiger partial charge in [0.25, 0.3) is 0 Å². The molecule has 0 spiro atoms. The van der Waals surface area contributed by atoms with Crippen molar-refractivity contribution in [3.63, 3.8) is 0 Å². The molecule has 0 amide bonds. The van der Waals surface area contributed by atoms with Crippen LogP contribution in [0.25, 0.3) is 0 Å². The molecule has 0 saturated heterocycles. The summed E-state index contributed by atoms with van der Waals surface area (Å²) in [5.41, 5.74) is 0. The third-order valence-electron chi connectivity index (χ3n) is 0.554. The minimum atomic E-state index is 0.787. The molecule has 0 bridgehead atoms.